The van der Waals surface area contributed by atoms with Crippen molar-refractivity contribution in [2.24, 2.45) is 0 Å². The maximum Gasteiger partial charge on any atom is 0.174 e. The van der Waals surface area contributed by atoms with E-state index in [1.807, 2.05) is 6.92 Å². The average molecular weight is 268 g/mol. The van der Waals surface area contributed by atoms with Gasteiger partial charge in [0.15, 0.2) is 10.1 Å². The predicted molar refractivity (Wildman–Crippen MR) is 66.1 cm³/mol. The minimum atomic E-state index is -0.396. The van der Waals surface area contributed by atoms with Crippen LogP contribution in [0.25, 0.3) is 0 Å². The quantitative estimate of drug-likeness (QED) is 0.631. The molecule has 0 radical (unpaired) electrons. The Hall–Kier alpha value is -1.27. The summed E-state index contributed by atoms with van der Waals surface area (Å²) in [4.78, 5) is 11.7. The number of carbonyl (C=O) groups excluding carboxylic acids is 1. The summed E-state index contributed by atoms with van der Waals surface area (Å²) in [5, 5.41) is 8.63. The highest BCUT2D eigenvalue weighted by Gasteiger charge is 2.09. The highest BCUT2D eigenvalue weighted by molar-refractivity contribution is 8.01. The zero-order valence-corrected chi connectivity index (χ0v) is 10.6. The molecule has 2 aromatic rings. The molecule has 0 unspecified atom stereocenters. The topological polar surface area (TPSA) is 42.9 Å². The molecular weight excluding hydrogens is 259 g/mol. The largest absolute Gasteiger partial charge is 0.293 e. The molecule has 0 spiro atoms. The predicted octanol–water partition coefficient (Wildman–Crippen LogP) is 2.96. The Bertz CT molecular complexity index is 542. The van der Waals surface area contributed by atoms with Gasteiger partial charge in [-0.25, -0.2) is 4.39 Å². The normalized spacial score (nSPS) is 10.5. The molecule has 6 heteroatoms. The molecule has 88 valence electrons. The number of ketones is 1. The minimum absolute atomic E-state index is 0.109. The summed E-state index contributed by atoms with van der Waals surface area (Å²) in [5.74, 6) is -0.257. The zero-order valence-electron chi connectivity index (χ0n) is 9.01. The summed E-state index contributed by atoms with van der Waals surface area (Å²) in [6.07, 6.45) is 0. The molecule has 0 saturated heterocycles. The van der Waals surface area contributed by atoms with Crippen molar-refractivity contribution in [1.29, 1.82) is 0 Å². The summed E-state index contributed by atoms with van der Waals surface area (Å²) in [6, 6.07) is 5.70. The van der Waals surface area contributed by atoms with Crippen molar-refractivity contribution in [1.82, 2.24) is 10.2 Å². The fraction of sp³-hybridized carbons (Fsp3) is 0.182. The van der Waals surface area contributed by atoms with Crippen LogP contribution in [0.2, 0.25) is 0 Å². The van der Waals surface area contributed by atoms with Crippen LogP contribution in [0.1, 0.15) is 15.4 Å². The summed E-state index contributed by atoms with van der Waals surface area (Å²) in [7, 11) is 0. The van der Waals surface area contributed by atoms with Crippen molar-refractivity contribution in [2.75, 3.05) is 5.75 Å². The monoisotopic (exact) mass is 268 g/mol. The van der Waals surface area contributed by atoms with E-state index in [-0.39, 0.29) is 11.5 Å². The Morgan fingerprint density at radius 3 is 2.94 bits per heavy atom. The molecule has 0 aliphatic carbocycles. The molecule has 1 heterocycles. The Morgan fingerprint density at radius 2 is 2.29 bits per heavy atom. The molecule has 0 bridgehead atoms. The molecule has 0 N–H and O–H groups in total. The number of nitrogens with zero attached hydrogens (tertiary/aromatic N) is 2. The molecule has 1 aromatic heterocycles. The second-order valence-electron chi connectivity index (χ2n) is 3.31. The van der Waals surface area contributed by atoms with Crippen molar-refractivity contribution < 1.29 is 9.18 Å². The lowest BCUT2D eigenvalue weighted by Gasteiger charge is -1.98. The van der Waals surface area contributed by atoms with Crippen LogP contribution in [0.5, 0.6) is 0 Å². The molecule has 17 heavy (non-hydrogen) atoms. The first-order valence-electron chi connectivity index (χ1n) is 4.87. The van der Waals surface area contributed by atoms with Gasteiger partial charge in [-0.3, -0.25) is 4.79 Å². The lowest BCUT2D eigenvalue weighted by atomic mass is 10.1. The number of hydrogen-bond donors (Lipinski definition) is 0. The molecular formula is C11H9FN2OS2. The highest BCUT2D eigenvalue weighted by Crippen LogP contribution is 2.22. The third-order valence-electron chi connectivity index (χ3n) is 1.98. The van der Waals surface area contributed by atoms with Gasteiger partial charge in [-0.2, -0.15) is 0 Å². The first kappa shape index (κ1) is 12.2. The zero-order chi connectivity index (χ0) is 12.3. The van der Waals surface area contributed by atoms with E-state index in [2.05, 4.69) is 10.2 Å². The molecule has 0 saturated carbocycles. The number of rotatable bonds is 4. The van der Waals surface area contributed by atoms with E-state index in [1.54, 1.807) is 6.07 Å². The van der Waals surface area contributed by atoms with Crippen LogP contribution in [0, 0.1) is 12.7 Å². The number of aromatic nitrogens is 2. The second-order valence-corrected chi connectivity index (χ2v) is 5.71. The Labute approximate surface area is 106 Å². The van der Waals surface area contributed by atoms with E-state index in [9.17, 15) is 9.18 Å². The van der Waals surface area contributed by atoms with Gasteiger partial charge in [0.05, 0.1) is 5.75 Å². The summed E-state index contributed by atoms with van der Waals surface area (Å²) in [5.41, 5.74) is 0.388. The van der Waals surface area contributed by atoms with Crippen molar-refractivity contribution in [3.05, 3.63) is 40.7 Å². The van der Waals surface area contributed by atoms with Gasteiger partial charge in [-0.1, -0.05) is 35.2 Å². The first-order chi connectivity index (χ1) is 8.15. The molecule has 0 fully saturated rings. The molecule has 0 aliphatic heterocycles. The van der Waals surface area contributed by atoms with Crippen LogP contribution >= 0.6 is 23.1 Å². The number of benzene rings is 1. The Balaban J connectivity index is 1.98. The standard InChI is InChI=1S/C11H9FN2OS2/c1-7-13-14-11(17-7)16-6-10(15)8-3-2-4-9(12)5-8/h2-5H,6H2,1H3. The van der Waals surface area contributed by atoms with Crippen LogP contribution in [0.4, 0.5) is 4.39 Å². The van der Waals surface area contributed by atoms with Gasteiger partial charge < -0.3 is 0 Å². The molecule has 0 atom stereocenters. The van der Waals surface area contributed by atoms with Crippen LogP contribution < -0.4 is 0 Å². The number of halogens is 1. The van der Waals surface area contributed by atoms with Crippen LogP contribution in [-0.4, -0.2) is 21.7 Å². The third-order valence-corrected chi connectivity index (χ3v) is 3.95. The number of Topliss-reactive ketones (excluding diaryl/α,β-unsaturated/α-hetero) is 1. The average Bonchev–Trinajstić information content (AvgIpc) is 2.72. The van der Waals surface area contributed by atoms with E-state index in [1.165, 1.54) is 41.3 Å². The van der Waals surface area contributed by atoms with Crippen molar-refractivity contribution in [2.45, 2.75) is 11.3 Å². The highest BCUT2D eigenvalue weighted by atomic mass is 32.2. The lowest BCUT2D eigenvalue weighted by Crippen LogP contribution is -2.02. The molecule has 1 aromatic carbocycles. The molecule has 0 amide bonds. The van der Waals surface area contributed by atoms with E-state index in [0.29, 0.717) is 5.56 Å². The maximum absolute atomic E-state index is 12.9. The van der Waals surface area contributed by atoms with E-state index < -0.39 is 5.82 Å². The van der Waals surface area contributed by atoms with Gasteiger partial charge in [0.1, 0.15) is 10.8 Å². The first-order valence-corrected chi connectivity index (χ1v) is 6.67. The molecule has 3 nitrogen and oxygen atoms in total. The van der Waals surface area contributed by atoms with E-state index >= 15 is 0 Å². The van der Waals surface area contributed by atoms with Crippen molar-refractivity contribution in [3.8, 4) is 0 Å². The number of thioether (sulfide) groups is 1. The van der Waals surface area contributed by atoms with Gasteiger partial charge >= 0.3 is 0 Å². The Morgan fingerprint density at radius 1 is 1.47 bits per heavy atom. The van der Waals surface area contributed by atoms with Crippen LogP contribution in [0.3, 0.4) is 0 Å². The Kier molecular flexibility index (Phi) is 3.86. The van der Waals surface area contributed by atoms with Gasteiger partial charge in [-0.15, -0.1) is 10.2 Å². The second kappa shape index (κ2) is 5.37. The summed E-state index contributed by atoms with van der Waals surface area (Å²) in [6.45, 7) is 1.86. The fourth-order valence-corrected chi connectivity index (χ4v) is 2.92. The van der Waals surface area contributed by atoms with Crippen LogP contribution in [-0.2, 0) is 0 Å². The fourth-order valence-electron chi connectivity index (χ4n) is 1.21. The molecule has 2 rings (SSSR count). The molecule has 0 aliphatic rings. The van der Waals surface area contributed by atoms with Crippen molar-refractivity contribution >= 4 is 28.9 Å². The number of hydrogen-bond acceptors (Lipinski definition) is 5. The van der Waals surface area contributed by atoms with Gasteiger partial charge in [-0.05, 0) is 19.1 Å². The smallest absolute Gasteiger partial charge is 0.174 e. The van der Waals surface area contributed by atoms with E-state index in [4.69, 9.17) is 0 Å². The van der Waals surface area contributed by atoms with Gasteiger partial charge in [0, 0.05) is 5.56 Å². The SMILES string of the molecule is Cc1nnc(SCC(=O)c2cccc(F)c2)s1. The van der Waals surface area contributed by atoms with Crippen molar-refractivity contribution in [3.63, 3.8) is 0 Å². The number of aryl methyl sites for hydroxylation is 1. The van der Waals surface area contributed by atoms with Crippen LogP contribution in [0.15, 0.2) is 28.6 Å². The lowest BCUT2D eigenvalue weighted by molar-refractivity contribution is 0.102. The van der Waals surface area contributed by atoms with E-state index in [0.717, 1.165) is 9.35 Å². The maximum atomic E-state index is 12.9. The summed E-state index contributed by atoms with van der Waals surface area (Å²) >= 11 is 2.77. The number of carbonyl (C=O) groups is 1. The third kappa shape index (κ3) is 3.34. The van der Waals surface area contributed by atoms with Gasteiger partial charge in [0.25, 0.3) is 0 Å². The summed E-state index contributed by atoms with van der Waals surface area (Å²) < 4.78 is 13.7. The van der Waals surface area contributed by atoms with Gasteiger partial charge in [0.2, 0.25) is 0 Å². The minimum Gasteiger partial charge on any atom is -0.293 e.